The van der Waals surface area contributed by atoms with Crippen molar-refractivity contribution in [2.24, 2.45) is 0 Å². The minimum Gasteiger partial charge on any atom is -0.342 e. The lowest BCUT2D eigenvalue weighted by Gasteiger charge is -2.21. The molecule has 2 aromatic carbocycles. The topological polar surface area (TPSA) is 23.6 Å². The van der Waals surface area contributed by atoms with E-state index in [2.05, 4.69) is 55.1 Å². The summed E-state index contributed by atoms with van der Waals surface area (Å²) in [6.45, 7) is 10.1. The van der Waals surface area contributed by atoms with Gasteiger partial charge in [0, 0.05) is 43.5 Å². The van der Waals surface area contributed by atoms with Crippen molar-refractivity contribution in [2.75, 3.05) is 26.2 Å². The van der Waals surface area contributed by atoms with E-state index in [4.69, 9.17) is 11.6 Å². The Kier molecular flexibility index (Phi) is 6.50. The van der Waals surface area contributed by atoms with Gasteiger partial charge < -0.3 is 9.80 Å². The van der Waals surface area contributed by atoms with Crippen LogP contribution in [0.3, 0.4) is 0 Å². The molecule has 30 heavy (non-hydrogen) atoms. The molecule has 0 radical (unpaired) electrons. The number of likely N-dealkylation sites (tertiary alicyclic amines) is 1. The van der Waals surface area contributed by atoms with Crippen LogP contribution in [-0.2, 0) is 17.6 Å². The number of hydrogen-bond acceptors (Lipinski definition) is 2. The molecule has 3 nitrogen and oxygen atoms in total. The molecule has 0 aromatic heterocycles. The molecular weight excluding hydrogens is 392 g/mol. The summed E-state index contributed by atoms with van der Waals surface area (Å²) < 4.78 is 0. The lowest BCUT2D eigenvalue weighted by Crippen LogP contribution is -2.32. The average molecular weight is 425 g/mol. The van der Waals surface area contributed by atoms with Crippen molar-refractivity contribution >= 4 is 17.5 Å². The van der Waals surface area contributed by atoms with E-state index in [0.717, 1.165) is 43.5 Å². The largest absolute Gasteiger partial charge is 0.342 e. The van der Waals surface area contributed by atoms with Crippen LogP contribution in [0.4, 0.5) is 0 Å². The first-order valence-corrected chi connectivity index (χ1v) is 11.7. The second-order valence-electron chi connectivity index (χ2n) is 9.12. The summed E-state index contributed by atoms with van der Waals surface area (Å²) in [7, 11) is 0. The number of carbonyl (C=O) groups excluding carboxylic acids is 1. The number of hydrogen-bond donors (Lipinski definition) is 0. The van der Waals surface area contributed by atoms with Gasteiger partial charge in [0.05, 0.1) is 0 Å². The Morgan fingerprint density at radius 2 is 1.87 bits per heavy atom. The van der Waals surface area contributed by atoms with Gasteiger partial charge in [0.25, 0.3) is 0 Å². The zero-order valence-corrected chi connectivity index (χ0v) is 19.2. The van der Waals surface area contributed by atoms with E-state index >= 15 is 0 Å². The number of amides is 1. The van der Waals surface area contributed by atoms with Gasteiger partial charge in [0.1, 0.15) is 0 Å². The molecule has 2 aliphatic heterocycles. The standard InChI is InChI=1S/C26H33ClN2O/c1-18-17-29(20(3)30)14-11-23-15-24(16-25(27)26(18)23)22-8-6-21(7-9-22)10-13-28-12-4-5-19(28)2/h6-9,15-16,18-19H,4-5,10-14,17H2,1-3H3. The van der Waals surface area contributed by atoms with Crippen molar-refractivity contribution in [2.45, 2.75) is 58.4 Å². The van der Waals surface area contributed by atoms with Gasteiger partial charge in [-0.05, 0) is 73.0 Å². The van der Waals surface area contributed by atoms with Gasteiger partial charge in [-0.1, -0.05) is 48.9 Å². The van der Waals surface area contributed by atoms with Crippen LogP contribution in [0.1, 0.15) is 56.2 Å². The van der Waals surface area contributed by atoms with Crippen molar-refractivity contribution in [3.63, 3.8) is 0 Å². The second kappa shape index (κ2) is 9.11. The molecule has 4 rings (SSSR count). The summed E-state index contributed by atoms with van der Waals surface area (Å²) in [6.07, 6.45) is 4.63. The van der Waals surface area contributed by atoms with Crippen molar-refractivity contribution in [1.82, 2.24) is 9.80 Å². The molecular formula is C26H33ClN2O. The predicted octanol–water partition coefficient (Wildman–Crippen LogP) is 5.54. The fourth-order valence-corrected chi connectivity index (χ4v) is 5.54. The fourth-order valence-electron chi connectivity index (χ4n) is 5.12. The zero-order valence-electron chi connectivity index (χ0n) is 18.5. The van der Waals surface area contributed by atoms with Gasteiger partial charge in [0.2, 0.25) is 5.91 Å². The number of benzene rings is 2. The number of halogens is 1. The molecule has 0 bridgehead atoms. The Hall–Kier alpha value is -1.84. The van der Waals surface area contributed by atoms with E-state index in [0.29, 0.717) is 0 Å². The molecule has 1 amide bonds. The minimum absolute atomic E-state index is 0.143. The third-order valence-corrected chi connectivity index (χ3v) is 7.28. The molecule has 2 aromatic rings. The Morgan fingerprint density at radius 3 is 2.53 bits per heavy atom. The van der Waals surface area contributed by atoms with Crippen LogP contribution in [-0.4, -0.2) is 47.9 Å². The van der Waals surface area contributed by atoms with Crippen LogP contribution >= 0.6 is 11.6 Å². The van der Waals surface area contributed by atoms with Crippen LogP contribution < -0.4 is 0 Å². The van der Waals surface area contributed by atoms with Gasteiger partial charge in [0.15, 0.2) is 0 Å². The third kappa shape index (κ3) is 4.58. The molecule has 0 saturated carbocycles. The molecule has 0 spiro atoms. The fraction of sp³-hybridized carbons (Fsp3) is 0.500. The summed E-state index contributed by atoms with van der Waals surface area (Å²) in [6, 6.07) is 14.1. The van der Waals surface area contributed by atoms with Gasteiger partial charge in [-0.25, -0.2) is 0 Å². The highest BCUT2D eigenvalue weighted by molar-refractivity contribution is 6.31. The predicted molar refractivity (Wildman–Crippen MR) is 125 cm³/mol. The SMILES string of the molecule is CC(=O)N1CCc2cc(-c3ccc(CCN4CCCC4C)cc3)cc(Cl)c2C(C)C1. The molecule has 1 saturated heterocycles. The maximum Gasteiger partial charge on any atom is 0.219 e. The molecule has 2 heterocycles. The number of nitrogens with zero attached hydrogens (tertiary/aromatic N) is 2. The average Bonchev–Trinajstić information content (AvgIpc) is 3.05. The van der Waals surface area contributed by atoms with Crippen LogP contribution in [0.5, 0.6) is 0 Å². The third-order valence-electron chi connectivity index (χ3n) is 6.96. The van der Waals surface area contributed by atoms with Crippen LogP contribution in [0, 0.1) is 0 Å². The molecule has 2 atom stereocenters. The molecule has 2 aliphatic rings. The first kappa shape index (κ1) is 21.4. The van der Waals surface area contributed by atoms with E-state index in [9.17, 15) is 4.79 Å². The highest BCUT2D eigenvalue weighted by Crippen LogP contribution is 2.36. The van der Waals surface area contributed by atoms with Crippen LogP contribution in [0.2, 0.25) is 5.02 Å². The minimum atomic E-state index is 0.143. The highest BCUT2D eigenvalue weighted by Gasteiger charge is 2.24. The van der Waals surface area contributed by atoms with E-state index in [1.54, 1.807) is 6.92 Å². The van der Waals surface area contributed by atoms with E-state index in [1.165, 1.54) is 47.2 Å². The maximum absolute atomic E-state index is 11.9. The van der Waals surface area contributed by atoms with Crippen LogP contribution in [0.15, 0.2) is 36.4 Å². The monoisotopic (exact) mass is 424 g/mol. The Balaban J connectivity index is 1.51. The van der Waals surface area contributed by atoms with Gasteiger partial charge in [-0.15, -0.1) is 0 Å². The Bertz CT molecular complexity index is 908. The normalized spacial score (nSPS) is 22.1. The van der Waals surface area contributed by atoms with E-state index in [1.807, 2.05) is 4.90 Å². The molecule has 4 heteroatoms. The first-order chi connectivity index (χ1) is 14.4. The van der Waals surface area contributed by atoms with Crippen molar-refractivity contribution < 1.29 is 4.79 Å². The molecule has 1 fully saturated rings. The number of fused-ring (bicyclic) bond motifs is 1. The lowest BCUT2D eigenvalue weighted by atomic mass is 9.91. The molecule has 0 N–H and O–H groups in total. The summed E-state index contributed by atoms with van der Waals surface area (Å²) in [5, 5.41) is 0.826. The first-order valence-electron chi connectivity index (χ1n) is 11.3. The Morgan fingerprint density at radius 1 is 1.10 bits per heavy atom. The van der Waals surface area contributed by atoms with Crippen molar-refractivity contribution in [3.05, 3.63) is 58.1 Å². The summed E-state index contributed by atoms with van der Waals surface area (Å²) in [4.78, 5) is 16.4. The Labute approximate surface area is 186 Å². The van der Waals surface area contributed by atoms with Gasteiger partial charge >= 0.3 is 0 Å². The maximum atomic E-state index is 11.9. The number of rotatable bonds is 4. The number of carbonyl (C=O) groups is 1. The second-order valence-corrected chi connectivity index (χ2v) is 9.53. The lowest BCUT2D eigenvalue weighted by molar-refractivity contribution is -0.128. The van der Waals surface area contributed by atoms with Crippen molar-refractivity contribution in [1.29, 1.82) is 0 Å². The van der Waals surface area contributed by atoms with Gasteiger partial charge in [-0.2, -0.15) is 0 Å². The molecule has 0 aliphatic carbocycles. The summed E-state index contributed by atoms with van der Waals surface area (Å²) >= 11 is 6.75. The smallest absolute Gasteiger partial charge is 0.219 e. The van der Waals surface area contributed by atoms with E-state index in [-0.39, 0.29) is 11.8 Å². The highest BCUT2D eigenvalue weighted by atomic mass is 35.5. The van der Waals surface area contributed by atoms with Gasteiger partial charge in [-0.3, -0.25) is 4.79 Å². The summed E-state index contributed by atoms with van der Waals surface area (Å²) in [5.74, 6) is 0.396. The van der Waals surface area contributed by atoms with Crippen molar-refractivity contribution in [3.8, 4) is 11.1 Å². The van der Waals surface area contributed by atoms with Crippen LogP contribution in [0.25, 0.3) is 11.1 Å². The quantitative estimate of drug-likeness (QED) is 0.643. The summed E-state index contributed by atoms with van der Waals surface area (Å²) in [5.41, 5.74) is 6.26. The van der Waals surface area contributed by atoms with E-state index < -0.39 is 0 Å². The molecule has 160 valence electrons. The molecule has 2 unspecified atom stereocenters. The zero-order chi connectivity index (χ0) is 21.3.